The lowest BCUT2D eigenvalue weighted by atomic mass is 10.3. The first-order chi connectivity index (χ1) is 6.97. The van der Waals surface area contributed by atoms with E-state index in [0.29, 0.717) is 16.6 Å². The van der Waals surface area contributed by atoms with E-state index in [9.17, 15) is 8.42 Å². The summed E-state index contributed by atoms with van der Waals surface area (Å²) in [7, 11) is -3.59. The number of H-pyrrole nitrogens is 1. The zero-order chi connectivity index (χ0) is 11.1. The molecule has 6 nitrogen and oxygen atoms in total. The predicted octanol–water partition coefficient (Wildman–Crippen LogP) is 0.400. The summed E-state index contributed by atoms with van der Waals surface area (Å²) in [5, 5.41) is 5.64. The summed E-state index contributed by atoms with van der Waals surface area (Å²) in [6.07, 6.45) is 2.80. The molecular weight excluding hydrogens is 240 g/mol. The summed E-state index contributed by atoms with van der Waals surface area (Å²) >= 11 is 5.83. The van der Waals surface area contributed by atoms with Gasteiger partial charge in [0.1, 0.15) is 17.1 Å². The molecule has 2 rings (SSSR count). The van der Waals surface area contributed by atoms with Gasteiger partial charge in [-0.2, -0.15) is 0 Å². The summed E-state index contributed by atoms with van der Waals surface area (Å²) in [6.45, 7) is 0. The van der Waals surface area contributed by atoms with Crippen LogP contribution >= 0.6 is 11.6 Å². The Morgan fingerprint density at radius 3 is 2.87 bits per heavy atom. The van der Waals surface area contributed by atoms with Gasteiger partial charge in [-0.15, -0.1) is 0 Å². The SMILES string of the molecule is NS(=O)(=O)Cc1c[nH]c2ncnc(Cl)c12. The molecule has 2 aromatic rings. The van der Waals surface area contributed by atoms with Gasteiger partial charge in [-0.1, -0.05) is 11.6 Å². The minimum Gasteiger partial charge on any atom is -0.346 e. The van der Waals surface area contributed by atoms with E-state index in [1.165, 1.54) is 12.5 Å². The number of nitrogens with two attached hydrogens (primary N) is 1. The Labute approximate surface area is 90.5 Å². The molecule has 0 aromatic carbocycles. The molecular formula is C7H7ClN4O2S. The molecule has 15 heavy (non-hydrogen) atoms. The molecule has 8 heteroatoms. The van der Waals surface area contributed by atoms with Gasteiger partial charge < -0.3 is 4.98 Å². The van der Waals surface area contributed by atoms with Crippen LogP contribution in [0.5, 0.6) is 0 Å². The zero-order valence-electron chi connectivity index (χ0n) is 7.44. The molecule has 0 amide bonds. The van der Waals surface area contributed by atoms with Crippen molar-refractivity contribution in [2.75, 3.05) is 0 Å². The van der Waals surface area contributed by atoms with Crippen molar-refractivity contribution in [2.45, 2.75) is 5.75 Å². The lowest BCUT2D eigenvalue weighted by Crippen LogP contribution is -2.14. The molecule has 3 N–H and O–H groups in total. The van der Waals surface area contributed by atoms with Crippen molar-refractivity contribution in [3.8, 4) is 0 Å². The Bertz CT molecular complexity index is 606. The molecule has 2 aromatic heterocycles. The number of hydrogen-bond acceptors (Lipinski definition) is 4. The molecule has 0 unspecified atom stereocenters. The topological polar surface area (TPSA) is 102 Å². The van der Waals surface area contributed by atoms with E-state index < -0.39 is 10.0 Å². The number of halogens is 1. The zero-order valence-corrected chi connectivity index (χ0v) is 9.01. The molecule has 0 saturated heterocycles. The molecule has 0 bridgehead atoms. The Morgan fingerprint density at radius 2 is 2.20 bits per heavy atom. The number of nitrogens with one attached hydrogen (secondary N) is 1. The summed E-state index contributed by atoms with van der Waals surface area (Å²) in [5.74, 6) is -0.292. The van der Waals surface area contributed by atoms with Gasteiger partial charge in [-0.3, -0.25) is 0 Å². The predicted molar refractivity (Wildman–Crippen MR) is 55.7 cm³/mol. The second-order valence-electron chi connectivity index (χ2n) is 3.01. The highest BCUT2D eigenvalue weighted by Crippen LogP contribution is 2.23. The quantitative estimate of drug-likeness (QED) is 0.749. The number of fused-ring (bicyclic) bond motifs is 1. The molecule has 0 aliphatic heterocycles. The molecule has 2 heterocycles. The standard InChI is InChI=1S/C7H7ClN4O2S/c8-6-5-4(2-15(9,13)14)1-10-7(5)12-3-11-6/h1,3H,2H2,(H2,9,13,14)(H,10,11,12). The Kier molecular flexibility index (Phi) is 2.37. The monoisotopic (exact) mass is 246 g/mol. The Hall–Kier alpha value is -1.18. The van der Waals surface area contributed by atoms with Crippen LogP contribution in [0.3, 0.4) is 0 Å². The van der Waals surface area contributed by atoms with Gasteiger partial charge in [-0.05, 0) is 5.56 Å². The second kappa shape index (κ2) is 3.44. The maximum Gasteiger partial charge on any atom is 0.213 e. The van der Waals surface area contributed by atoms with Crippen molar-refractivity contribution in [3.63, 3.8) is 0 Å². The van der Waals surface area contributed by atoms with Gasteiger partial charge in [0, 0.05) is 6.20 Å². The van der Waals surface area contributed by atoms with Crippen LogP contribution in [0.2, 0.25) is 5.15 Å². The molecule has 0 saturated carbocycles. The Balaban J connectivity index is 2.63. The fraction of sp³-hybridized carbons (Fsp3) is 0.143. The molecule has 0 spiro atoms. The lowest BCUT2D eigenvalue weighted by Gasteiger charge is -1.97. The van der Waals surface area contributed by atoms with E-state index in [-0.39, 0.29) is 10.9 Å². The van der Waals surface area contributed by atoms with Crippen LogP contribution in [0.4, 0.5) is 0 Å². The summed E-state index contributed by atoms with van der Waals surface area (Å²) < 4.78 is 21.9. The minimum absolute atomic E-state index is 0.208. The fourth-order valence-electron chi connectivity index (χ4n) is 1.32. The lowest BCUT2D eigenvalue weighted by molar-refractivity contribution is 0.597. The average Bonchev–Trinajstić information content (AvgIpc) is 2.47. The van der Waals surface area contributed by atoms with Crippen molar-refractivity contribution < 1.29 is 8.42 Å². The molecule has 0 radical (unpaired) electrons. The van der Waals surface area contributed by atoms with Crippen molar-refractivity contribution in [3.05, 3.63) is 23.2 Å². The third-order valence-corrected chi connectivity index (χ3v) is 2.86. The first-order valence-electron chi connectivity index (χ1n) is 3.94. The normalized spacial score (nSPS) is 12.1. The van der Waals surface area contributed by atoms with Crippen LogP contribution in [0, 0.1) is 0 Å². The van der Waals surface area contributed by atoms with Gasteiger partial charge in [0.2, 0.25) is 10.0 Å². The second-order valence-corrected chi connectivity index (χ2v) is 4.98. The highest BCUT2D eigenvalue weighted by Gasteiger charge is 2.13. The van der Waals surface area contributed by atoms with Crippen molar-refractivity contribution in [1.29, 1.82) is 0 Å². The first kappa shape index (κ1) is 10.3. The molecule has 0 aliphatic rings. The van der Waals surface area contributed by atoms with Crippen LogP contribution in [-0.4, -0.2) is 23.4 Å². The number of primary sulfonamides is 1. The molecule has 0 atom stereocenters. The number of nitrogens with zero attached hydrogens (tertiary/aromatic N) is 2. The average molecular weight is 247 g/mol. The third-order valence-electron chi connectivity index (χ3n) is 1.86. The number of aromatic amines is 1. The van der Waals surface area contributed by atoms with E-state index in [1.807, 2.05) is 0 Å². The minimum atomic E-state index is -3.59. The maximum atomic E-state index is 10.9. The third kappa shape index (κ3) is 2.09. The van der Waals surface area contributed by atoms with Crippen molar-refractivity contribution in [2.24, 2.45) is 5.14 Å². The summed E-state index contributed by atoms with van der Waals surface area (Å²) in [6, 6.07) is 0. The van der Waals surface area contributed by atoms with Crippen LogP contribution in [0.25, 0.3) is 11.0 Å². The largest absolute Gasteiger partial charge is 0.346 e. The molecule has 0 fully saturated rings. The first-order valence-corrected chi connectivity index (χ1v) is 6.03. The molecule has 0 aliphatic carbocycles. The smallest absolute Gasteiger partial charge is 0.213 e. The summed E-state index contributed by atoms with van der Waals surface area (Å²) in [4.78, 5) is 10.5. The number of aromatic nitrogens is 3. The van der Waals surface area contributed by atoms with E-state index in [0.717, 1.165) is 0 Å². The maximum absolute atomic E-state index is 10.9. The van der Waals surface area contributed by atoms with Crippen LogP contribution < -0.4 is 5.14 Å². The van der Waals surface area contributed by atoms with Crippen LogP contribution in [-0.2, 0) is 15.8 Å². The number of rotatable bonds is 2. The van der Waals surface area contributed by atoms with Crippen LogP contribution in [0.1, 0.15) is 5.56 Å². The molecule has 80 valence electrons. The highest BCUT2D eigenvalue weighted by molar-refractivity contribution is 7.88. The van der Waals surface area contributed by atoms with Gasteiger partial charge in [0.25, 0.3) is 0 Å². The van der Waals surface area contributed by atoms with E-state index in [2.05, 4.69) is 15.0 Å². The highest BCUT2D eigenvalue weighted by atomic mass is 35.5. The van der Waals surface area contributed by atoms with Crippen molar-refractivity contribution in [1.82, 2.24) is 15.0 Å². The van der Waals surface area contributed by atoms with E-state index in [1.54, 1.807) is 0 Å². The van der Waals surface area contributed by atoms with Gasteiger partial charge in [-0.25, -0.2) is 23.5 Å². The van der Waals surface area contributed by atoms with E-state index >= 15 is 0 Å². The van der Waals surface area contributed by atoms with Gasteiger partial charge in [0.15, 0.2) is 0 Å². The Morgan fingerprint density at radius 1 is 1.47 bits per heavy atom. The van der Waals surface area contributed by atoms with Gasteiger partial charge in [0.05, 0.1) is 11.1 Å². The summed E-state index contributed by atoms with van der Waals surface area (Å²) in [5.41, 5.74) is 0.965. The number of hydrogen-bond donors (Lipinski definition) is 2. The number of sulfonamides is 1. The van der Waals surface area contributed by atoms with E-state index in [4.69, 9.17) is 16.7 Å². The van der Waals surface area contributed by atoms with Gasteiger partial charge >= 0.3 is 0 Å². The van der Waals surface area contributed by atoms with Crippen LogP contribution in [0.15, 0.2) is 12.5 Å². The fourth-order valence-corrected chi connectivity index (χ4v) is 2.23. The van der Waals surface area contributed by atoms with Crippen molar-refractivity contribution >= 4 is 32.7 Å².